The molecule has 5 heteroatoms. The van der Waals surface area contributed by atoms with E-state index in [1.165, 1.54) is 6.07 Å². The summed E-state index contributed by atoms with van der Waals surface area (Å²) in [6, 6.07) is 14.1. The molecule has 0 aliphatic heterocycles. The van der Waals surface area contributed by atoms with Crippen LogP contribution < -0.4 is 4.90 Å². The Labute approximate surface area is 176 Å². The quantitative estimate of drug-likeness (QED) is 0.497. The first-order chi connectivity index (χ1) is 14.4. The lowest BCUT2D eigenvalue weighted by Gasteiger charge is -2.19. The number of Topliss-reactive ketones (excluding diaryl/α,β-unsaturated/α-hetero) is 1. The van der Waals surface area contributed by atoms with Crippen molar-refractivity contribution in [2.45, 2.75) is 33.1 Å². The molecule has 154 valence electrons. The van der Waals surface area contributed by atoms with Crippen molar-refractivity contribution in [2.24, 2.45) is 0 Å². The highest BCUT2D eigenvalue weighted by Crippen LogP contribution is 2.28. The van der Waals surface area contributed by atoms with Gasteiger partial charge in [0.15, 0.2) is 5.78 Å². The molecule has 0 aliphatic rings. The van der Waals surface area contributed by atoms with Crippen LogP contribution in [0.25, 0.3) is 11.1 Å². The number of halogens is 1. The van der Waals surface area contributed by atoms with Crippen LogP contribution in [0, 0.1) is 12.7 Å². The number of pyridine rings is 1. The fourth-order valence-electron chi connectivity index (χ4n) is 3.44. The average molecular weight is 404 g/mol. The third-order valence-electron chi connectivity index (χ3n) is 5.20. The molecule has 0 bridgehead atoms. The van der Waals surface area contributed by atoms with E-state index in [0.29, 0.717) is 18.4 Å². The van der Waals surface area contributed by atoms with Crippen LogP contribution in [0.1, 0.15) is 41.3 Å². The van der Waals surface area contributed by atoms with Gasteiger partial charge in [0.05, 0.1) is 5.56 Å². The van der Waals surface area contributed by atoms with Crippen molar-refractivity contribution < 1.29 is 14.0 Å². The zero-order valence-electron chi connectivity index (χ0n) is 17.5. The highest BCUT2D eigenvalue weighted by molar-refractivity contribution is 5.97. The summed E-state index contributed by atoms with van der Waals surface area (Å²) in [5.74, 6) is -0.719. The first-order valence-corrected chi connectivity index (χ1v) is 10.00. The summed E-state index contributed by atoms with van der Waals surface area (Å²) in [6.45, 7) is 3.75. The smallest absolute Gasteiger partial charge is 0.226 e. The van der Waals surface area contributed by atoms with Gasteiger partial charge in [0, 0.05) is 38.0 Å². The average Bonchev–Trinajstić information content (AvgIpc) is 2.77. The molecule has 0 atom stereocenters. The molecule has 0 fully saturated rings. The Morgan fingerprint density at radius 1 is 1.07 bits per heavy atom. The molecule has 3 aromatic rings. The van der Waals surface area contributed by atoms with Crippen molar-refractivity contribution >= 4 is 17.4 Å². The van der Waals surface area contributed by atoms with Crippen LogP contribution in [0.4, 0.5) is 10.1 Å². The van der Waals surface area contributed by atoms with E-state index >= 15 is 0 Å². The molecule has 4 nitrogen and oxygen atoms in total. The normalized spacial score (nSPS) is 10.7. The zero-order valence-corrected chi connectivity index (χ0v) is 17.5. The Hall–Kier alpha value is -3.34. The number of anilines is 1. The number of carbonyl (C=O) groups excluding carboxylic acids is 2. The van der Waals surface area contributed by atoms with Crippen LogP contribution in [0.15, 0.2) is 60.9 Å². The molecule has 0 saturated heterocycles. The Kier molecular flexibility index (Phi) is 6.72. The van der Waals surface area contributed by atoms with Gasteiger partial charge in [-0.2, -0.15) is 0 Å². The van der Waals surface area contributed by atoms with E-state index < -0.39 is 5.82 Å². The SMILES string of the molecule is CCC(=O)N(C)c1ccc(-c2ccc(C(=O)CCc3cccnc3)c(F)c2)cc1C. The summed E-state index contributed by atoms with van der Waals surface area (Å²) >= 11 is 0. The number of aryl methyl sites for hydroxylation is 2. The van der Waals surface area contributed by atoms with Gasteiger partial charge in [-0.1, -0.05) is 25.1 Å². The van der Waals surface area contributed by atoms with Gasteiger partial charge in [-0.05, 0) is 65.9 Å². The summed E-state index contributed by atoms with van der Waals surface area (Å²) in [5.41, 5.74) is 4.33. The summed E-state index contributed by atoms with van der Waals surface area (Å²) < 4.78 is 14.7. The monoisotopic (exact) mass is 404 g/mol. The van der Waals surface area contributed by atoms with Crippen LogP contribution in [0.3, 0.4) is 0 Å². The molecule has 30 heavy (non-hydrogen) atoms. The Balaban J connectivity index is 1.77. The Morgan fingerprint density at radius 3 is 2.43 bits per heavy atom. The zero-order chi connectivity index (χ0) is 21.7. The van der Waals surface area contributed by atoms with Crippen molar-refractivity contribution in [1.82, 2.24) is 4.98 Å². The predicted octanol–water partition coefficient (Wildman–Crippen LogP) is 5.38. The number of amides is 1. The van der Waals surface area contributed by atoms with Gasteiger partial charge >= 0.3 is 0 Å². The van der Waals surface area contributed by atoms with Gasteiger partial charge in [-0.25, -0.2) is 4.39 Å². The van der Waals surface area contributed by atoms with E-state index in [0.717, 1.165) is 22.4 Å². The van der Waals surface area contributed by atoms with Crippen LogP contribution in [0.5, 0.6) is 0 Å². The molecule has 0 N–H and O–H groups in total. The minimum absolute atomic E-state index is 0.0334. The van der Waals surface area contributed by atoms with Crippen molar-refractivity contribution in [2.75, 3.05) is 11.9 Å². The number of benzene rings is 2. The lowest BCUT2D eigenvalue weighted by Crippen LogP contribution is -2.25. The third-order valence-corrected chi connectivity index (χ3v) is 5.20. The van der Waals surface area contributed by atoms with E-state index in [4.69, 9.17) is 0 Å². The molecule has 0 saturated carbocycles. The molecule has 0 spiro atoms. The first kappa shape index (κ1) is 21.4. The molecular weight excluding hydrogens is 379 g/mol. The third kappa shape index (κ3) is 4.79. The largest absolute Gasteiger partial charge is 0.315 e. The summed E-state index contributed by atoms with van der Waals surface area (Å²) in [5, 5.41) is 0. The molecule has 0 aliphatic carbocycles. The van der Waals surface area contributed by atoms with Gasteiger partial charge in [-0.3, -0.25) is 14.6 Å². The fraction of sp³-hybridized carbons (Fsp3) is 0.240. The second-order valence-electron chi connectivity index (χ2n) is 7.29. The molecule has 1 aromatic heterocycles. The minimum Gasteiger partial charge on any atom is -0.315 e. The summed E-state index contributed by atoms with van der Waals surface area (Å²) in [7, 11) is 1.75. The number of nitrogens with zero attached hydrogens (tertiary/aromatic N) is 2. The van der Waals surface area contributed by atoms with E-state index in [9.17, 15) is 14.0 Å². The lowest BCUT2D eigenvalue weighted by atomic mass is 9.97. The van der Waals surface area contributed by atoms with Crippen molar-refractivity contribution in [3.05, 3.63) is 83.4 Å². The van der Waals surface area contributed by atoms with Gasteiger partial charge < -0.3 is 4.90 Å². The molecular formula is C25H25FN2O2. The lowest BCUT2D eigenvalue weighted by molar-refractivity contribution is -0.118. The van der Waals surface area contributed by atoms with Gasteiger partial charge in [-0.15, -0.1) is 0 Å². The highest BCUT2D eigenvalue weighted by atomic mass is 19.1. The molecule has 2 aromatic carbocycles. The Bertz CT molecular complexity index is 1060. The minimum atomic E-state index is -0.524. The number of carbonyl (C=O) groups is 2. The van der Waals surface area contributed by atoms with Gasteiger partial charge in [0.1, 0.15) is 5.82 Å². The highest BCUT2D eigenvalue weighted by Gasteiger charge is 2.15. The molecule has 0 unspecified atom stereocenters. The van der Waals surface area contributed by atoms with Gasteiger partial charge in [0.2, 0.25) is 5.91 Å². The van der Waals surface area contributed by atoms with Crippen molar-refractivity contribution in [3.63, 3.8) is 0 Å². The second-order valence-corrected chi connectivity index (χ2v) is 7.29. The molecule has 1 heterocycles. The Morgan fingerprint density at radius 2 is 1.80 bits per heavy atom. The first-order valence-electron chi connectivity index (χ1n) is 10.00. The van der Waals surface area contributed by atoms with Gasteiger partial charge in [0.25, 0.3) is 0 Å². The number of hydrogen-bond donors (Lipinski definition) is 0. The number of aromatic nitrogens is 1. The summed E-state index contributed by atoms with van der Waals surface area (Å²) in [6.07, 6.45) is 4.58. The standard InChI is InChI=1S/C25H25FN2O2/c1-4-25(30)28(3)23-11-9-19(14-17(23)2)20-8-10-21(22(26)15-20)24(29)12-7-18-6-5-13-27-16-18/h5-6,8-11,13-16H,4,7,12H2,1-3H3. The maximum absolute atomic E-state index is 14.7. The second kappa shape index (κ2) is 9.44. The summed E-state index contributed by atoms with van der Waals surface area (Å²) in [4.78, 5) is 30.1. The van der Waals surface area contributed by atoms with Crippen molar-refractivity contribution in [1.29, 1.82) is 0 Å². The van der Waals surface area contributed by atoms with Crippen LogP contribution >= 0.6 is 0 Å². The van der Waals surface area contributed by atoms with Crippen LogP contribution in [-0.4, -0.2) is 23.7 Å². The number of ketones is 1. The van der Waals surface area contributed by atoms with Crippen molar-refractivity contribution in [3.8, 4) is 11.1 Å². The van der Waals surface area contributed by atoms with Crippen LogP contribution in [-0.2, 0) is 11.2 Å². The predicted molar refractivity (Wildman–Crippen MR) is 117 cm³/mol. The topological polar surface area (TPSA) is 50.3 Å². The fourth-order valence-corrected chi connectivity index (χ4v) is 3.44. The number of rotatable bonds is 7. The van der Waals surface area contributed by atoms with E-state index in [1.54, 1.807) is 36.5 Å². The number of hydrogen-bond acceptors (Lipinski definition) is 3. The molecule has 3 rings (SSSR count). The molecule has 0 radical (unpaired) electrons. The maximum atomic E-state index is 14.7. The van der Waals surface area contributed by atoms with E-state index in [1.807, 2.05) is 44.2 Å². The van der Waals surface area contributed by atoms with Crippen LogP contribution in [0.2, 0.25) is 0 Å². The molecule has 1 amide bonds. The maximum Gasteiger partial charge on any atom is 0.226 e. The van der Waals surface area contributed by atoms with E-state index in [-0.39, 0.29) is 23.7 Å². The van der Waals surface area contributed by atoms with E-state index in [2.05, 4.69) is 4.98 Å².